The monoisotopic (exact) mass is 310 g/mol. The van der Waals surface area contributed by atoms with Gasteiger partial charge in [-0.2, -0.15) is 8.78 Å². The van der Waals surface area contributed by atoms with Crippen molar-refractivity contribution in [2.45, 2.75) is 5.92 Å². The minimum absolute atomic E-state index is 0.140. The predicted octanol–water partition coefficient (Wildman–Crippen LogP) is 2.64. The third-order valence-electron chi connectivity index (χ3n) is 2.09. The molecule has 94 valence electrons. The maximum absolute atomic E-state index is 13.4. The third kappa shape index (κ3) is 2.33. The molecule has 0 radical (unpaired) electrons. The van der Waals surface area contributed by atoms with Crippen LogP contribution in [0.5, 0.6) is 11.5 Å². The van der Waals surface area contributed by atoms with E-state index in [1.165, 1.54) is 20.3 Å². The van der Waals surface area contributed by atoms with Crippen molar-refractivity contribution in [3.8, 4) is 11.5 Å². The molecule has 0 saturated heterocycles. The lowest BCUT2D eigenvalue weighted by Crippen LogP contribution is -2.26. The molecule has 0 aliphatic rings. The van der Waals surface area contributed by atoms with E-state index in [2.05, 4.69) is 15.9 Å². The Hall–Kier alpha value is -1.37. The number of halogens is 3. The first-order valence-corrected chi connectivity index (χ1v) is 5.17. The van der Waals surface area contributed by atoms with Gasteiger partial charge in [0.15, 0.2) is 0 Å². The van der Waals surface area contributed by atoms with E-state index in [9.17, 15) is 13.6 Å². The molecule has 0 atom stereocenters. The molecule has 1 N–H and O–H groups in total. The number of alkyl halides is 2. The summed E-state index contributed by atoms with van der Waals surface area (Å²) in [6.07, 6.45) is 0. The highest BCUT2D eigenvalue weighted by Crippen LogP contribution is 2.43. The number of carboxylic acid groups (broad SMARTS) is 1. The maximum Gasteiger partial charge on any atom is 0.379 e. The molecule has 0 aliphatic carbocycles. The van der Waals surface area contributed by atoms with Crippen LogP contribution in [0, 0.1) is 0 Å². The minimum atomic E-state index is -4.03. The number of hydrogen-bond acceptors (Lipinski definition) is 3. The Morgan fingerprint density at radius 1 is 1.35 bits per heavy atom. The summed E-state index contributed by atoms with van der Waals surface area (Å²) in [5.74, 6) is -6.27. The van der Waals surface area contributed by atoms with Gasteiger partial charge in [-0.1, -0.05) is 0 Å². The Morgan fingerprint density at radius 2 is 1.94 bits per heavy atom. The predicted molar refractivity (Wildman–Crippen MR) is 58.8 cm³/mol. The first-order chi connectivity index (χ1) is 7.86. The van der Waals surface area contributed by atoms with Gasteiger partial charge in [0.1, 0.15) is 16.0 Å². The Balaban J connectivity index is 3.46. The molecular formula is C10H9BrF2O4. The highest BCUT2D eigenvalue weighted by atomic mass is 79.9. The van der Waals surface area contributed by atoms with E-state index in [1.807, 2.05) is 0 Å². The molecular weight excluding hydrogens is 302 g/mol. The van der Waals surface area contributed by atoms with Gasteiger partial charge in [-0.3, -0.25) is 0 Å². The lowest BCUT2D eigenvalue weighted by atomic mass is 10.1. The Kier molecular flexibility index (Phi) is 3.92. The second-order valence-corrected chi connectivity index (χ2v) is 3.84. The van der Waals surface area contributed by atoms with Crippen molar-refractivity contribution in [2.75, 3.05) is 14.2 Å². The molecule has 7 heteroatoms. The molecule has 0 heterocycles. The van der Waals surface area contributed by atoms with E-state index < -0.39 is 17.5 Å². The molecule has 0 aliphatic heterocycles. The molecule has 17 heavy (non-hydrogen) atoms. The van der Waals surface area contributed by atoms with Crippen molar-refractivity contribution >= 4 is 21.9 Å². The standard InChI is InChI=1S/C10H9BrF2O4/c1-16-6-4-3-5(8(17-2)7(6)11)10(12,13)9(14)15/h3-4H,1-2H3,(H,14,15). The molecule has 4 nitrogen and oxygen atoms in total. The highest BCUT2D eigenvalue weighted by Gasteiger charge is 2.44. The van der Waals surface area contributed by atoms with E-state index in [1.54, 1.807) is 0 Å². The summed E-state index contributed by atoms with van der Waals surface area (Å²) < 4.78 is 36.6. The fraction of sp³-hybridized carbons (Fsp3) is 0.300. The minimum Gasteiger partial charge on any atom is -0.495 e. The van der Waals surface area contributed by atoms with Crippen LogP contribution in [0.4, 0.5) is 8.78 Å². The number of ether oxygens (including phenoxy) is 2. The van der Waals surface area contributed by atoms with E-state index in [-0.39, 0.29) is 16.0 Å². The zero-order chi connectivity index (χ0) is 13.2. The molecule has 1 rings (SSSR count). The summed E-state index contributed by atoms with van der Waals surface area (Å²) >= 11 is 3.02. The van der Waals surface area contributed by atoms with Crippen molar-refractivity contribution in [3.63, 3.8) is 0 Å². The number of carboxylic acids is 1. The lowest BCUT2D eigenvalue weighted by molar-refractivity contribution is -0.166. The zero-order valence-electron chi connectivity index (χ0n) is 8.96. The Morgan fingerprint density at radius 3 is 2.35 bits per heavy atom. The van der Waals surface area contributed by atoms with Crippen LogP contribution in [0.1, 0.15) is 5.56 Å². The number of hydrogen-bond donors (Lipinski definition) is 1. The lowest BCUT2D eigenvalue weighted by Gasteiger charge is -2.17. The van der Waals surface area contributed by atoms with Crippen LogP contribution in [-0.4, -0.2) is 25.3 Å². The Labute approximate surface area is 104 Å². The molecule has 0 saturated carbocycles. The van der Waals surface area contributed by atoms with Crippen molar-refractivity contribution < 1.29 is 28.2 Å². The van der Waals surface area contributed by atoms with Crippen molar-refractivity contribution in [3.05, 3.63) is 22.2 Å². The van der Waals surface area contributed by atoms with Crippen LogP contribution in [-0.2, 0) is 10.7 Å². The van der Waals surface area contributed by atoms with E-state index in [0.29, 0.717) is 0 Å². The average molecular weight is 311 g/mol. The first kappa shape index (κ1) is 13.7. The van der Waals surface area contributed by atoms with Gasteiger partial charge < -0.3 is 14.6 Å². The first-order valence-electron chi connectivity index (χ1n) is 4.38. The second kappa shape index (κ2) is 4.87. The van der Waals surface area contributed by atoms with Gasteiger partial charge in [0.2, 0.25) is 0 Å². The van der Waals surface area contributed by atoms with Gasteiger partial charge in [-0.25, -0.2) is 4.79 Å². The quantitative estimate of drug-likeness (QED) is 0.929. The van der Waals surface area contributed by atoms with E-state index in [0.717, 1.165) is 6.07 Å². The van der Waals surface area contributed by atoms with Gasteiger partial charge in [0.05, 0.1) is 19.8 Å². The molecule has 0 amide bonds. The van der Waals surface area contributed by atoms with Gasteiger partial charge in [-0.05, 0) is 28.1 Å². The van der Waals surface area contributed by atoms with E-state index >= 15 is 0 Å². The summed E-state index contributed by atoms with van der Waals surface area (Å²) in [6, 6.07) is 2.19. The van der Waals surface area contributed by atoms with E-state index in [4.69, 9.17) is 14.6 Å². The Bertz CT molecular complexity index is 448. The summed E-state index contributed by atoms with van der Waals surface area (Å²) in [6.45, 7) is 0. The highest BCUT2D eigenvalue weighted by molar-refractivity contribution is 9.10. The number of carbonyl (C=O) groups is 1. The van der Waals surface area contributed by atoms with Crippen LogP contribution in [0.25, 0.3) is 0 Å². The fourth-order valence-electron chi connectivity index (χ4n) is 1.26. The maximum atomic E-state index is 13.4. The summed E-state index contributed by atoms with van der Waals surface area (Å²) in [5.41, 5.74) is -0.736. The van der Waals surface area contributed by atoms with Crippen LogP contribution in [0.2, 0.25) is 0 Å². The van der Waals surface area contributed by atoms with Gasteiger partial charge in [0.25, 0.3) is 0 Å². The molecule has 0 aromatic heterocycles. The number of rotatable bonds is 4. The smallest absolute Gasteiger partial charge is 0.379 e. The van der Waals surface area contributed by atoms with Gasteiger partial charge in [-0.15, -0.1) is 0 Å². The molecule has 1 aromatic rings. The van der Waals surface area contributed by atoms with Crippen LogP contribution in [0.3, 0.4) is 0 Å². The molecule has 0 bridgehead atoms. The van der Waals surface area contributed by atoms with Gasteiger partial charge >= 0.3 is 11.9 Å². The molecule has 0 unspecified atom stereocenters. The van der Waals surface area contributed by atoms with Crippen molar-refractivity contribution in [1.29, 1.82) is 0 Å². The fourth-order valence-corrected chi connectivity index (χ4v) is 1.93. The number of aliphatic carboxylic acids is 1. The SMILES string of the molecule is COc1ccc(C(F)(F)C(=O)O)c(OC)c1Br. The largest absolute Gasteiger partial charge is 0.495 e. The number of methoxy groups -OCH3 is 2. The molecule has 0 fully saturated rings. The van der Waals surface area contributed by atoms with Crippen molar-refractivity contribution in [1.82, 2.24) is 0 Å². The van der Waals surface area contributed by atoms with Crippen LogP contribution < -0.4 is 9.47 Å². The van der Waals surface area contributed by atoms with Crippen LogP contribution >= 0.6 is 15.9 Å². The summed E-state index contributed by atoms with van der Waals surface area (Å²) in [4.78, 5) is 10.5. The van der Waals surface area contributed by atoms with Crippen LogP contribution in [0.15, 0.2) is 16.6 Å². The number of benzene rings is 1. The molecule has 0 spiro atoms. The molecule has 1 aromatic carbocycles. The summed E-state index contributed by atoms with van der Waals surface area (Å²) in [5, 5.41) is 8.48. The summed E-state index contributed by atoms with van der Waals surface area (Å²) in [7, 11) is 2.52. The normalized spacial score (nSPS) is 11.1. The topological polar surface area (TPSA) is 55.8 Å². The van der Waals surface area contributed by atoms with Gasteiger partial charge in [0, 0.05) is 0 Å². The van der Waals surface area contributed by atoms with Crippen molar-refractivity contribution in [2.24, 2.45) is 0 Å². The average Bonchev–Trinajstić information content (AvgIpc) is 2.28. The zero-order valence-corrected chi connectivity index (χ0v) is 10.5. The second-order valence-electron chi connectivity index (χ2n) is 3.04. The third-order valence-corrected chi connectivity index (χ3v) is 2.84.